The van der Waals surface area contributed by atoms with Crippen molar-refractivity contribution in [3.05, 3.63) is 24.3 Å². The summed E-state index contributed by atoms with van der Waals surface area (Å²) in [5, 5.41) is 23.1. The van der Waals surface area contributed by atoms with Crippen LogP contribution in [0.15, 0.2) is 24.3 Å². The number of unbranched alkanes of at least 4 members (excludes halogenated alkanes) is 39. The largest absolute Gasteiger partial charge is 0.466 e. The van der Waals surface area contributed by atoms with Gasteiger partial charge in [-0.1, -0.05) is 250 Å². The molecule has 63 heavy (non-hydrogen) atoms. The van der Waals surface area contributed by atoms with Crippen molar-refractivity contribution in [2.24, 2.45) is 0 Å². The van der Waals surface area contributed by atoms with Gasteiger partial charge in [-0.05, 0) is 64.2 Å². The number of hydrogen-bond acceptors (Lipinski definition) is 5. The van der Waals surface area contributed by atoms with Crippen molar-refractivity contribution in [2.75, 3.05) is 13.2 Å². The van der Waals surface area contributed by atoms with Crippen molar-refractivity contribution >= 4 is 11.9 Å². The lowest BCUT2D eigenvalue weighted by atomic mass is 10.0. The highest BCUT2D eigenvalue weighted by atomic mass is 16.5. The lowest BCUT2D eigenvalue weighted by molar-refractivity contribution is -0.143. The lowest BCUT2D eigenvalue weighted by Crippen LogP contribution is -2.45. The second-order valence-electron chi connectivity index (χ2n) is 19.3. The molecule has 0 aliphatic carbocycles. The number of ether oxygens (including phenoxy) is 1. The van der Waals surface area contributed by atoms with Crippen molar-refractivity contribution in [1.29, 1.82) is 0 Å². The van der Waals surface area contributed by atoms with Gasteiger partial charge in [-0.25, -0.2) is 0 Å². The van der Waals surface area contributed by atoms with E-state index in [1.807, 2.05) is 6.08 Å². The van der Waals surface area contributed by atoms with Crippen LogP contribution in [0.2, 0.25) is 0 Å². The van der Waals surface area contributed by atoms with E-state index < -0.39 is 12.1 Å². The number of carbonyl (C=O) groups is 2. The summed E-state index contributed by atoms with van der Waals surface area (Å²) < 4.78 is 5.46. The molecular formula is C57H109NO5. The standard InChI is InChI=1S/C57H109NO5/c1-3-5-7-9-11-13-15-17-19-21-22-23-25-29-33-37-41-45-49-55(60)54(53-59)58-56(61)50-46-42-38-34-30-27-28-32-36-40-44-48-52-63-57(62)51-47-43-39-35-31-26-24-20-18-16-14-12-10-8-6-4-2/h28,32,45,49,54-55,59-60H,3-27,29-31,33-44,46-48,50-53H2,1-2H3,(H,58,61)/b32-28-,49-45+. The highest BCUT2D eigenvalue weighted by molar-refractivity contribution is 5.76. The summed E-state index contributed by atoms with van der Waals surface area (Å²) in [4.78, 5) is 24.5. The van der Waals surface area contributed by atoms with Crippen LogP contribution in [0.4, 0.5) is 0 Å². The lowest BCUT2D eigenvalue weighted by Gasteiger charge is -2.20. The van der Waals surface area contributed by atoms with Gasteiger partial charge < -0.3 is 20.3 Å². The molecule has 0 bridgehead atoms. The van der Waals surface area contributed by atoms with Gasteiger partial charge in [-0.15, -0.1) is 0 Å². The number of esters is 1. The summed E-state index contributed by atoms with van der Waals surface area (Å²) in [6, 6.07) is -0.646. The topological polar surface area (TPSA) is 95.9 Å². The average Bonchev–Trinajstić information content (AvgIpc) is 3.28. The molecule has 1 amide bonds. The van der Waals surface area contributed by atoms with E-state index in [-0.39, 0.29) is 18.5 Å². The van der Waals surface area contributed by atoms with E-state index in [1.165, 1.54) is 199 Å². The zero-order chi connectivity index (χ0) is 45.8. The van der Waals surface area contributed by atoms with E-state index in [9.17, 15) is 19.8 Å². The van der Waals surface area contributed by atoms with Crippen LogP contribution in [0.3, 0.4) is 0 Å². The van der Waals surface area contributed by atoms with Gasteiger partial charge in [-0.3, -0.25) is 9.59 Å². The molecule has 6 nitrogen and oxygen atoms in total. The molecule has 372 valence electrons. The van der Waals surface area contributed by atoms with Crippen molar-refractivity contribution in [3.63, 3.8) is 0 Å². The van der Waals surface area contributed by atoms with Gasteiger partial charge in [0, 0.05) is 12.8 Å². The first kappa shape index (κ1) is 61.3. The first-order valence-electron chi connectivity index (χ1n) is 28.1. The smallest absolute Gasteiger partial charge is 0.305 e. The molecule has 2 unspecified atom stereocenters. The maximum atomic E-state index is 12.5. The van der Waals surface area contributed by atoms with Crippen LogP contribution in [0.1, 0.15) is 303 Å². The Balaban J connectivity index is 3.52. The molecule has 0 radical (unpaired) electrons. The van der Waals surface area contributed by atoms with E-state index in [1.54, 1.807) is 6.08 Å². The first-order valence-corrected chi connectivity index (χ1v) is 28.1. The second kappa shape index (κ2) is 53.0. The van der Waals surface area contributed by atoms with Gasteiger partial charge in [0.05, 0.1) is 25.4 Å². The Hall–Kier alpha value is -1.66. The number of aliphatic hydroxyl groups excluding tert-OH is 2. The summed E-state index contributed by atoms with van der Waals surface area (Å²) in [6.07, 6.45) is 63.3. The molecule has 0 heterocycles. The summed E-state index contributed by atoms with van der Waals surface area (Å²) in [5.74, 6) is -0.112. The molecule has 0 aliphatic heterocycles. The number of amides is 1. The molecule has 0 fully saturated rings. The van der Waals surface area contributed by atoms with Crippen molar-refractivity contribution in [1.82, 2.24) is 5.32 Å². The zero-order valence-corrected chi connectivity index (χ0v) is 42.3. The Kier molecular flexibility index (Phi) is 51.6. The van der Waals surface area contributed by atoms with Crippen LogP contribution < -0.4 is 5.32 Å². The minimum atomic E-state index is -0.860. The number of rotatable bonds is 52. The molecule has 6 heteroatoms. The predicted octanol–water partition coefficient (Wildman–Crippen LogP) is 17.1. The molecule has 2 atom stereocenters. The van der Waals surface area contributed by atoms with E-state index >= 15 is 0 Å². The number of allylic oxidation sites excluding steroid dienone is 3. The normalized spacial score (nSPS) is 12.8. The third-order valence-electron chi connectivity index (χ3n) is 13.0. The fraction of sp³-hybridized carbons (Fsp3) is 0.895. The summed E-state index contributed by atoms with van der Waals surface area (Å²) in [6.45, 7) is 4.86. The van der Waals surface area contributed by atoms with E-state index in [4.69, 9.17) is 4.74 Å². The van der Waals surface area contributed by atoms with Gasteiger partial charge in [0.15, 0.2) is 0 Å². The monoisotopic (exact) mass is 888 g/mol. The van der Waals surface area contributed by atoms with Crippen LogP contribution in [-0.4, -0.2) is 47.4 Å². The molecule has 0 aromatic carbocycles. The molecule has 0 aromatic rings. The van der Waals surface area contributed by atoms with Crippen molar-refractivity contribution in [2.45, 2.75) is 315 Å². The van der Waals surface area contributed by atoms with Crippen LogP contribution in [0.25, 0.3) is 0 Å². The van der Waals surface area contributed by atoms with Gasteiger partial charge in [0.2, 0.25) is 5.91 Å². The highest BCUT2D eigenvalue weighted by Gasteiger charge is 2.18. The third kappa shape index (κ3) is 49.6. The van der Waals surface area contributed by atoms with Crippen LogP contribution in [0, 0.1) is 0 Å². The van der Waals surface area contributed by atoms with Crippen LogP contribution in [-0.2, 0) is 14.3 Å². The molecular weight excluding hydrogens is 779 g/mol. The van der Waals surface area contributed by atoms with E-state index in [0.29, 0.717) is 19.4 Å². The Morgan fingerprint density at radius 2 is 0.746 bits per heavy atom. The van der Waals surface area contributed by atoms with E-state index in [2.05, 4.69) is 31.3 Å². The van der Waals surface area contributed by atoms with Crippen molar-refractivity contribution < 1.29 is 24.5 Å². The third-order valence-corrected chi connectivity index (χ3v) is 13.0. The molecule has 0 aliphatic rings. The average molecular weight is 889 g/mol. The Morgan fingerprint density at radius 1 is 0.429 bits per heavy atom. The van der Waals surface area contributed by atoms with Crippen LogP contribution >= 0.6 is 0 Å². The molecule has 0 aromatic heterocycles. The number of aliphatic hydroxyl groups is 2. The quantitative estimate of drug-likeness (QED) is 0.0321. The molecule has 0 spiro atoms. The Bertz CT molecular complexity index is 982. The zero-order valence-electron chi connectivity index (χ0n) is 42.3. The summed E-state index contributed by atoms with van der Waals surface area (Å²) in [5.41, 5.74) is 0. The highest BCUT2D eigenvalue weighted by Crippen LogP contribution is 2.17. The van der Waals surface area contributed by atoms with Gasteiger partial charge in [-0.2, -0.15) is 0 Å². The SMILES string of the molecule is CCCCCCCCCCCCCCCCCC/C=C/C(O)C(CO)NC(=O)CCCCCCC/C=C\CCCCCOC(=O)CCCCCCCCCCCCCCCCCC. The van der Waals surface area contributed by atoms with Gasteiger partial charge in [0.25, 0.3) is 0 Å². The van der Waals surface area contributed by atoms with Crippen LogP contribution in [0.5, 0.6) is 0 Å². The van der Waals surface area contributed by atoms with Crippen molar-refractivity contribution in [3.8, 4) is 0 Å². The fourth-order valence-corrected chi connectivity index (χ4v) is 8.63. The van der Waals surface area contributed by atoms with Gasteiger partial charge in [0.1, 0.15) is 0 Å². The number of nitrogens with one attached hydrogen (secondary N) is 1. The Labute approximate surface area is 392 Å². The van der Waals surface area contributed by atoms with E-state index in [0.717, 1.165) is 77.0 Å². The van der Waals surface area contributed by atoms with Gasteiger partial charge >= 0.3 is 5.97 Å². The summed E-state index contributed by atoms with van der Waals surface area (Å²) >= 11 is 0. The molecule has 0 saturated carbocycles. The second-order valence-corrected chi connectivity index (χ2v) is 19.3. The Morgan fingerprint density at radius 3 is 1.13 bits per heavy atom. The minimum absolute atomic E-state index is 0.0207. The minimum Gasteiger partial charge on any atom is -0.466 e. The molecule has 0 saturated heterocycles. The predicted molar refractivity (Wildman–Crippen MR) is 273 cm³/mol. The first-order chi connectivity index (χ1) is 31.0. The molecule has 3 N–H and O–H groups in total. The maximum Gasteiger partial charge on any atom is 0.305 e. The maximum absolute atomic E-state index is 12.5. The summed E-state index contributed by atoms with van der Waals surface area (Å²) in [7, 11) is 0. The number of hydrogen-bond donors (Lipinski definition) is 3. The fourth-order valence-electron chi connectivity index (χ4n) is 8.63. The number of carbonyl (C=O) groups excluding carboxylic acids is 2. The molecule has 0 rings (SSSR count).